The van der Waals surface area contributed by atoms with Gasteiger partial charge >= 0.3 is 0 Å². The Balaban J connectivity index is 2.90. The molecule has 0 aromatic carbocycles. The molecule has 0 atom stereocenters. The monoisotopic (exact) mass is 127 g/mol. The highest BCUT2D eigenvalue weighted by Crippen LogP contribution is 2.17. The van der Waals surface area contributed by atoms with Gasteiger partial charge in [0, 0.05) is 6.07 Å². The summed E-state index contributed by atoms with van der Waals surface area (Å²) in [5, 5.41) is 12.7. The second kappa shape index (κ2) is 1.84. The maximum atomic E-state index is 9.24. The van der Waals surface area contributed by atoms with Crippen molar-refractivity contribution in [3.8, 4) is 0 Å². The fourth-order valence-electron chi connectivity index (χ4n) is 0.531. The van der Waals surface area contributed by atoms with E-state index in [2.05, 4.69) is 5.16 Å². The van der Waals surface area contributed by atoms with Crippen LogP contribution in [0.5, 0.6) is 0 Å². The number of aliphatic hydroxyl groups is 1. The van der Waals surface area contributed by atoms with Crippen molar-refractivity contribution in [3.05, 3.63) is 18.0 Å². The van der Waals surface area contributed by atoms with E-state index in [-0.39, 0.29) is 0 Å². The van der Waals surface area contributed by atoms with Crippen molar-refractivity contribution in [1.29, 1.82) is 0 Å². The van der Waals surface area contributed by atoms with Gasteiger partial charge in [0.1, 0.15) is 5.60 Å². The van der Waals surface area contributed by atoms with E-state index < -0.39 is 5.60 Å². The number of aromatic nitrogens is 1. The largest absolute Gasteiger partial charge is 0.382 e. The van der Waals surface area contributed by atoms with Gasteiger partial charge in [-0.3, -0.25) is 0 Å². The van der Waals surface area contributed by atoms with Gasteiger partial charge in [0.2, 0.25) is 0 Å². The first kappa shape index (κ1) is 6.29. The van der Waals surface area contributed by atoms with Crippen LogP contribution in [0.25, 0.3) is 0 Å². The lowest BCUT2D eigenvalue weighted by Gasteiger charge is -2.10. The van der Waals surface area contributed by atoms with Crippen LogP contribution in [0.4, 0.5) is 0 Å². The topological polar surface area (TPSA) is 46.3 Å². The zero-order valence-electron chi connectivity index (χ0n) is 5.46. The second-order valence-corrected chi connectivity index (χ2v) is 2.44. The summed E-state index contributed by atoms with van der Waals surface area (Å²) in [5.41, 5.74) is -0.906. The van der Waals surface area contributed by atoms with Gasteiger partial charge in [0.15, 0.2) is 5.76 Å². The normalized spacial score (nSPS) is 11.9. The Morgan fingerprint density at radius 3 is 2.56 bits per heavy atom. The highest BCUT2D eigenvalue weighted by atomic mass is 16.5. The predicted molar refractivity (Wildman–Crippen MR) is 31.7 cm³/mol. The standard InChI is InChI=1S/C6H9NO2/c1-6(2,8)5-3-4-7-9-5/h3-4,8H,1-2H3. The maximum absolute atomic E-state index is 9.24. The van der Waals surface area contributed by atoms with Crippen molar-refractivity contribution < 1.29 is 9.63 Å². The van der Waals surface area contributed by atoms with Crippen LogP contribution in [0, 0.1) is 0 Å². The van der Waals surface area contributed by atoms with E-state index in [0.717, 1.165) is 0 Å². The molecule has 1 aromatic rings. The lowest BCUT2D eigenvalue weighted by Crippen LogP contribution is -2.13. The number of rotatable bonds is 1. The summed E-state index contributed by atoms with van der Waals surface area (Å²) in [6.07, 6.45) is 1.51. The fraction of sp³-hybridized carbons (Fsp3) is 0.500. The van der Waals surface area contributed by atoms with Crippen LogP contribution in [-0.2, 0) is 5.60 Å². The molecule has 0 aliphatic heterocycles. The number of nitrogens with zero attached hydrogens (tertiary/aromatic N) is 1. The van der Waals surface area contributed by atoms with Crippen molar-refractivity contribution >= 4 is 0 Å². The minimum atomic E-state index is -0.906. The van der Waals surface area contributed by atoms with Crippen molar-refractivity contribution in [2.45, 2.75) is 19.4 Å². The average molecular weight is 127 g/mol. The summed E-state index contributed by atoms with van der Waals surface area (Å²) in [6.45, 7) is 3.29. The van der Waals surface area contributed by atoms with Crippen molar-refractivity contribution in [2.75, 3.05) is 0 Å². The molecular weight excluding hydrogens is 118 g/mol. The third kappa shape index (κ3) is 1.29. The summed E-state index contributed by atoms with van der Waals surface area (Å²) in [5.74, 6) is 0.488. The lowest BCUT2D eigenvalue weighted by molar-refractivity contribution is 0.0475. The van der Waals surface area contributed by atoms with E-state index in [1.807, 2.05) is 0 Å². The SMILES string of the molecule is CC(C)(O)c1ccno1. The van der Waals surface area contributed by atoms with Crippen LogP contribution in [0.3, 0.4) is 0 Å². The highest BCUT2D eigenvalue weighted by Gasteiger charge is 2.19. The molecule has 1 aromatic heterocycles. The molecule has 0 amide bonds. The molecule has 0 bridgehead atoms. The minimum Gasteiger partial charge on any atom is -0.382 e. The third-order valence-corrected chi connectivity index (χ3v) is 1.04. The Kier molecular flexibility index (Phi) is 1.29. The summed E-state index contributed by atoms with van der Waals surface area (Å²) in [7, 11) is 0. The zero-order chi connectivity index (χ0) is 6.91. The van der Waals surface area contributed by atoms with Gasteiger partial charge in [-0.15, -0.1) is 0 Å². The van der Waals surface area contributed by atoms with Crippen molar-refractivity contribution in [3.63, 3.8) is 0 Å². The highest BCUT2D eigenvalue weighted by molar-refractivity contribution is 5.01. The van der Waals surface area contributed by atoms with Gasteiger partial charge in [-0.2, -0.15) is 0 Å². The summed E-state index contributed by atoms with van der Waals surface area (Å²) in [6, 6.07) is 1.64. The predicted octanol–water partition coefficient (Wildman–Crippen LogP) is 0.902. The quantitative estimate of drug-likeness (QED) is 0.609. The van der Waals surface area contributed by atoms with E-state index in [4.69, 9.17) is 4.52 Å². The third-order valence-electron chi connectivity index (χ3n) is 1.04. The first-order valence-electron chi connectivity index (χ1n) is 2.74. The zero-order valence-corrected chi connectivity index (χ0v) is 5.46. The van der Waals surface area contributed by atoms with Gasteiger partial charge < -0.3 is 9.63 Å². The van der Waals surface area contributed by atoms with Crippen LogP contribution >= 0.6 is 0 Å². The molecule has 0 aliphatic carbocycles. The van der Waals surface area contributed by atoms with E-state index in [1.165, 1.54) is 6.20 Å². The number of hydrogen-bond donors (Lipinski definition) is 1. The first-order chi connectivity index (χ1) is 4.11. The Hall–Kier alpha value is -0.830. The molecule has 50 valence electrons. The van der Waals surface area contributed by atoms with Crippen LogP contribution < -0.4 is 0 Å². The van der Waals surface area contributed by atoms with E-state index in [0.29, 0.717) is 5.76 Å². The van der Waals surface area contributed by atoms with E-state index in [9.17, 15) is 5.11 Å². The number of hydrogen-bond acceptors (Lipinski definition) is 3. The second-order valence-electron chi connectivity index (χ2n) is 2.44. The molecule has 0 unspecified atom stereocenters. The van der Waals surface area contributed by atoms with E-state index in [1.54, 1.807) is 19.9 Å². The molecular formula is C6H9NO2. The Morgan fingerprint density at radius 2 is 2.33 bits per heavy atom. The van der Waals surface area contributed by atoms with Gasteiger partial charge in [-0.1, -0.05) is 5.16 Å². The van der Waals surface area contributed by atoms with Crippen LogP contribution in [0.15, 0.2) is 16.8 Å². The molecule has 0 spiro atoms. The molecule has 9 heavy (non-hydrogen) atoms. The lowest BCUT2D eigenvalue weighted by atomic mass is 10.1. The minimum absolute atomic E-state index is 0.488. The molecule has 0 saturated carbocycles. The Labute approximate surface area is 53.3 Å². The Bertz CT molecular complexity index is 173. The molecule has 1 rings (SSSR count). The van der Waals surface area contributed by atoms with Gasteiger partial charge in [-0.05, 0) is 13.8 Å². The van der Waals surface area contributed by atoms with Gasteiger partial charge in [0.05, 0.1) is 6.20 Å². The van der Waals surface area contributed by atoms with Crippen molar-refractivity contribution in [2.24, 2.45) is 0 Å². The van der Waals surface area contributed by atoms with Gasteiger partial charge in [0.25, 0.3) is 0 Å². The summed E-state index contributed by atoms with van der Waals surface area (Å²) in [4.78, 5) is 0. The maximum Gasteiger partial charge on any atom is 0.167 e. The molecule has 0 fully saturated rings. The van der Waals surface area contributed by atoms with Crippen LogP contribution in [0.2, 0.25) is 0 Å². The van der Waals surface area contributed by atoms with Gasteiger partial charge in [-0.25, -0.2) is 0 Å². The summed E-state index contributed by atoms with van der Waals surface area (Å²) < 4.78 is 4.70. The first-order valence-corrected chi connectivity index (χ1v) is 2.74. The van der Waals surface area contributed by atoms with Crippen LogP contribution in [0.1, 0.15) is 19.6 Å². The average Bonchev–Trinajstić information content (AvgIpc) is 2.08. The fourth-order valence-corrected chi connectivity index (χ4v) is 0.531. The molecule has 0 radical (unpaired) electrons. The van der Waals surface area contributed by atoms with Crippen molar-refractivity contribution in [1.82, 2.24) is 5.16 Å². The molecule has 3 heteroatoms. The van der Waals surface area contributed by atoms with E-state index >= 15 is 0 Å². The van der Waals surface area contributed by atoms with Crippen LogP contribution in [-0.4, -0.2) is 10.3 Å². The summed E-state index contributed by atoms with van der Waals surface area (Å²) >= 11 is 0. The Morgan fingerprint density at radius 1 is 1.67 bits per heavy atom. The molecule has 0 aliphatic rings. The smallest absolute Gasteiger partial charge is 0.167 e. The molecule has 1 N–H and O–H groups in total. The molecule has 3 nitrogen and oxygen atoms in total. The molecule has 0 saturated heterocycles. The molecule has 1 heterocycles.